The molecule has 1 amide bonds. The number of benzene rings is 1. The minimum Gasteiger partial charge on any atom is -0.465 e. The Balaban J connectivity index is 1.61. The molecule has 0 aromatic heterocycles. The second kappa shape index (κ2) is 14.4. The quantitative estimate of drug-likeness (QED) is 0.271. The van der Waals surface area contributed by atoms with Gasteiger partial charge in [0.05, 0.1) is 13.3 Å². The van der Waals surface area contributed by atoms with E-state index in [1.807, 2.05) is 26.8 Å². The Labute approximate surface area is 233 Å². The molecule has 1 aromatic carbocycles. The van der Waals surface area contributed by atoms with E-state index >= 15 is 0 Å². The van der Waals surface area contributed by atoms with Crippen LogP contribution in [0.2, 0.25) is 0 Å². The molecule has 2 aliphatic rings. The van der Waals surface area contributed by atoms with Crippen LogP contribution in [0.25, 0.3) is 6.08 Å². The van der Waals surface area contributed by atoms with Crippen molar-refractivity contribution >= 4 is 24.4 Å². The highest BCUT2D eigenvalue weighted by molar-refractivity contribution is 5.75. The summed E-state index contributed by atoms with van der Waals surface area (Å²) in [6.45, 7) is 8.75. The molecule has 0 aliphatic heterocycles. The summed E-state index contributed by atoms with van der Waals surface area (Å²) in [6, 6.07) is 11.1. The van der Waals surface area contributed by atoms with Crippen molar-refractivity contribution in [1.29, 1.82) is 5.41 Å². The van der Waals surface area contributed by atoms with Gasteiger partial charge in [0.2, 0.25) is 0 Å². The minimum absolute atomic E-state index is 0.161. The van der Waals surface area contributed by atoms with Crippen molar-refractivity contribution in [2.24, 2.45) is 5.92 Å². The van der Waals surface area contributed by atoms with Crippen molar-refractivity contribution in [2.45, 2.75) is 89.9 Å². The lowest BCUT2D eigenvalue weighted by atomic mass is 9.89. The van der Waals surface area contributed by atoms with Crippen LogP contribution in [0.15, 0.2) is 47.7 Å². The number of carbonyl (C=O) groups excluding carboxylic acids is 2. The zero-order chi connectivity index (χ0) is 28.4. The highest BCUT2D eigenvalue weighted by atomic mass is 16.6. The number of methoxy groups -OCH3 is 1. The number of nitrogens with one attached hydrogen (secondary N) is 2. The number of ether oxygens (including phenoxy) is 2. The van der Waals surface area contributed by atoms with Gasteiger partial charge < -0.3 is 30.4 Å². The maximum absolute atomic E-state index is 13.5. The maximum Gasteiger partial charge on any atom is 0.410 e. The van der Waals surface area contributed by atoms with Crippen molar-refractivity contribution < 1.29 is 24.4 Å². The predicted molar refractivity (Wildman–Crippen MR) is 154 cm³/mol. The Morgan fingerprint density at radius 2 is 1.85 bits per heavy atom. The lowest BCUT2D eigenvalue weighted by Crippen LogP contribution is -2.80. The summed E-state index contributed by atoms with van der Waals surface area (Å²) in [5.74, 6) is 0.0796. The fourth-order valence-corrected chi connectivity index (χ4v) is 5.36. The molecule has 2 aliphatic carbocycles. The predicted octanol–water partition coefficient (Wildman–Crippen LogP) is 4.28. The molecule has 214 valence electrons. The lowest BCUT2D eigenvalue weighted by molar-refractivity contribution is -0.578. The minimum atomic E-state index is -0.535. The van der Waals surface area contributed by atoms with Gasteiger partial charge in [-0.3, -0.25) is 0 Å². The van der Waals surface area contributed by atoms with Gasteiger partial charge in [-0.05, 0) is 64.9 Å². The third kappa shape index (κ3) is 9.62. The summed E-state index contributed by atoms with van der Waals surface area (Å²) in [5.41, 5.74) is 2.88. The lowest BCUT2D eigenvalue weighted by Gasteiger charge is -2.38. The van der Waals surface area contributed by atoms with E-state index in [0.29, 0.717) is 18.5 Å². The molecule has 0 unspecified atom stereocenters. The molecule has 2 atom stereocenters. The van der Waals surface area contributed by atoms with E-state index in [-0.39, 0.29) is 30.7 Å². The largest absolute Gasteiger partial charge is 0.465 e. The van der Waals surface area contributed by atoms with Gasteiger partial charge in [-0.1, -0.05) is 48.9 Å². The van der Waals surface area contributed by atoms with Crippen LogP contribution in [-0.2, 0) is 14.3 Å². The molecule has 0 radical (unpaired) electrons. The summed E-state index contributed by atoms with van der Waals surface area (Å²) in [5, 5.41) is 13.0. The molecule has 0 bridgehead atoms. The molecule has 0 heterocycles. The summed E-state index contributed by atoms with van der Waals surface area (Å²) >= 11 is 0. The van der Waals surface area contributed by atoms with Gasteiger partial charge in [0.15, 0.2) is 6.54 Å². The van der Waals surface area contributed by atoms with Crippen LogP contribution >= 0.6 is 0 Å². The zero-order valence-corrected chi connectivity index (χ0v) is 24.2. The second-order valence-electron chi connectivity index (χ2n) is 11.6. The molecular formula is C31H47N4O4+. The monoisotopic (exact) mass is 539 g/mol. The molecule has 8 nitrogen and oxygen atoms in total. The molecule has 0 spiro atoms. The average Bonchev–Trinajstić information content (AvgIpc) is 3.69. The van der Waals surface area contributed by atoms with Gasteiger partial charge in [-0.15, -0.1) is 0 Å². The summed E-state index contributed by atoms with van der Waals surface area (Å²) in [6.07, 6.45) is 10.9. The highest BCUT2D eigenvalue weighted by Gasteiger charge is 2.49. The average molecular weight is 540 g/mol. The van der Waals surface area contributed by atoms with E-state index in [2.05, 4.69) is 52.2 Å². The number of amides is 1. The van der Waals surface area contributed by atoms with E-state index in [0.717, 1.165) is 44.1 Å². The smallest absolute Gasteiger partial charge is 0.410 e. The molecule has 3 rings (SSSR count). The summed E-state index contributed by atoms with van der Waals surface area (Å²) < 4.78 is 10.6. The Morgan fingerprint density at radius 1 is 1.15 bits per heavy atom. The van der Waals surface area contributed by atoms with Crippen molar-refractivity contribution in [3.05, 3.63) is 53.2 Å². The number of quaternary nitrogens is 1. The first-order valence-electron chi connectivity index (χ1n) is 14.2. The molecule has 2 saturated carbocycles. The molecule has 2 fully saturated rings. The van der Waals surface area contributed by atoms with Crippen LogP contribution in [0.1, 0.15) is 71.8 Å². The summed E-state index contributed by atoms with van der Waals surface area (Å²) in [4.78, 5) is 26.8. The molecule has 39 heavy (non-hydrogen) atoms. The number of hydrogen-bond donors (Lipinski definition) is 3. The van der Waals surface area contributed by atoms with Crippen LogP contribution in [0.4, 0.5) is 4.79 Å². The molecule has 1 aromatic rings. The third-order valence-electron chi connectivity index (χ3n) is 7.47. The van der Waals surface area contributed by atoms with Crippen LogP contribution in [0, 0.1) is 11.3 Å². The molecule has 4 N–H and O–H groups in total. The van der Waals surface area contributed by atoms with Crippen molar-refractivity contribution in [2.75, 3.05) is 20.2 Å². The first kappa shape index (κ1) is 30.6. The van der Waals surface area contributed by atoms with Gasteiger partial charge in [-0.25, -0.2) is 9.59 Å². The highest BCUT2D eigenvalue weighted by Crippen LogP contribution is 2.46. The number of hydrogen-bond acceptors (Lipinski definition) is 6. The van der Waals surface area contributed by atoms with E-state index < -0.39 is 5.60 Å². The van der Waals surface area contributed by atoms with Crippen molar-refractivity contribution in [1.82, 2.24) is 10.2 Å². The zero-order valence-electron chi connectivity index (χ0n) is 24.2. The topological polar surface area (TPSA) is 108 Å². The number of rotatable bonds is 12. The Morgan fingerprint density at radius 3 is 2.44 bits per heavy atom. The Bertz CT molecular complexity index is 1020. The van der Waals surface area contributed by atoms with E-state index in [1.165, 1.54) is 24.5 Å². The number of nitrogens with zero attached hydrogens (tertiary/aromatic N) is 1. The van der Waals surface area contributed by atoms with Crippen molar-refractivity contribution in [3.8, 4) is 0 Å². The molecule has 0 saturated heterocycles. The van der Waals surface area contributed by atoms with Crippen LogP contribution in [0.3, 0.4) is 0 Å². The van der Waals surface area contributed by atoms with E-state index in [4.69, 9.17) is 10.1 Å². The fraction of sp³-hybridized carbons (Fsp3) is 0.581. The normalized spacial score (nSPS) is 23.6. The van der Waals surface area contributed by atoms with Crippen LogP contribution < -0.4 is 10.6 Å². The number of esters is 1. The Hall–Kier alpha value is -2.97. The van der Waals surface area contributed by atoms with E-state index in [9.17, 15) is 9.59 Å². The SMILES string of the molecule is CC/C(=C\c1ccccc1)[C@@H]1C[C@H]1N(C(=O)OC(C)(C)C)C1CCC(NC/C(C=N)=C/[NH2+]CC(=O)OC)CC1. The van der Waals surface area contributed by atoms with Crippen LogP contribution in [0.5, 0.6) is 0 Å². The number of nitrogens with two attached hydrogens (primary N) is 1. The van der Waals surface area contributed by atoms with Gasteiger partial charge in [-0.2, -0.15) is 0 Å². The number of carbonyl (C=O) groups is 2. The maximum atomic E-state index is 13.5. The van der Waals surface area contributed by atoms with Gasteiger partial charge in [0.1, 0.15) is 5.60 Å². The summed E-state index contributed by atoms with van der Waals surface area (Å²) in [7, 11) is 1.37. The van der Waals surface area contributed by atoms with Crippen molar-refractivity contribution in [3.63, 3.8) is 0 Å². The van der Waals surface area contributed by atoms with Crippen LogP contribution in [-0.4, -0.2) is 67.1 Å². The fourth-order valence-electron chi connectivity index (χ4n) is 5.36. The first-order valence-corrected chi connectivity index (χ1v) is 14.2. The van der Waals surface area contributed by atoms with E-state index in [1.54, 1.807) is 11.5 Å². The van der Waals surface area contributed by atoms with Gasteiger partial charge >= 0.3 is 12.1 Å². The second-order valence-corrected chi connectivity index (χ2v) is 11.6. The third-order valence-corrected chi connectivity index (χ3v) is 7.47. The van der Waals surface area contributed by atoms with Gasteiger partial charge in [0, 0.05) is 42.4 Å². The molecular weight excluding hydrogens is 492 g/mol. The first-order chi connectivity index (χ1) is 18.6. The Kier molecular flexibility index (Phi) is 11.3. The van der Waals surface area contributed by atoms with Gasteiger partial charge in [0.25, 0.3) is 0 Å². The standard InChI is InChI=1S/C31H46N4O4/c1-6-24(16-22-10-8-7-9-11-22)27-17-28(27)35(30(37)39-31(2,3)4)26-14-12-25(13-15-26)34-20-23(18-32)19-33-21-29(36)38-5/h7-11,16,18-19,25-28,32-34H,6,12-15,17,20-21H2,1-5H3/p+1/b23-19+,24-16+,32-18?/t25?,26?,27-,28+/m0/s1. The molecule has 8 heteroatoms.